The first-order valence-electron chi connectivity index (χ1n) is 8.84. The van der Waals surface area contributed by atoms with Gasteiger partial charge in [-0.2, -0.15) is 0 Å². The van der Waals surface area contributed by atoms with E-state index in [0.717, 1.165) is 4.47 Å². The van der Waals surface area contributed by atoms with Crippen molar-refractivity contribution in [3.63, 3.8) is 0 Å². The van der Waals surface area contributed by atoms with Gasteiger partial charge in [0.25, 0.3) is 5.91 Å². The lowest BCUT2D eigenvalue weighted by Gasteiger charge is -2.14. The SMILES string of the molecule is CC(C)NC(=O)C(=O)Nn1c(C(=O)Nc2cc(Cl)cc(Cl)c2)cc2cc(Br)ccc21. The number of nitrogens with zero attached hydrogens (tertiary/aromatic N) is 1. The van der Waals surface area contributed by atoms with Crippen molar-refractivity contribution in [3.8, 4) is 0 Å². The van der Waals surface area contributed by atoms with Crippen LogP contribution >= 0.6 is 39.1 Å². The molecular formula is C20H17BrCl2N4O3. The molecule has 3 amide bonds. The van der Waals surface area contributed by atoms with Crippen LogP contribution in [0, 0.1) is 0 Å². The van der Waals surface area contributed by atoms with Crippen LogP contribution in [-0.4, -0.2) is 28.4 Å². The molecule has 0 unspecified atom stereocenters. The molecule has 30 heavy (non-hydrogen) atoms. The lowest BCUT2D eigenvalue weighted by molar-refractivity contribution is -0.137. The van der Waals surface area contributed by atoms with E-state index in [9.17, 15) is 14.4 Å². The number of anilines is 1. The molecule has 0 atom stereocenters. The van der Waals surface area contributed by atoms with E-state index in [-0.39, 0.29) is 11.7 Å². The van der Waals surface area contributed by atoms with E-state index in [1.54, 1.807) is 56.3 Å². The molecule has 0 bridgehead atoms. The molecule has 3 N–H and O–H groups in total. The smallest absolute Gasteiger partial charge is 0.328 e. The fourth-order valence-corrected chi connectivity index (χ4v) is 3.68. The Labute approximate surface area is 190 Å². The number of nitrogens with one attached hydrogen (secondary N) is 3. The van der Waals surface area contributed by atoms with Crippen LogP contribution in [0.5, 0.6) is 0 Å². The highest BCUT2D eigenvalue weighted by Gasteiger charge is 2.21. The molecule has 0 aliphatic rings. The lowest BCUT2D eigenvalue weighted by Crippen LogP contribution is -2.42. The number of halogens is 3. The number of fused-ring (bicyclic) bond motifs is 1. The van der Waals surface area contributed by atoms with Gasteiger partial charge in [-0.3, -0.25) is 19.8 Å². The first-order valence-corrected chi connectivity index (χ1v) is 10.4. The Morgan fingerprint density at radius 3 is 2.27 bits per heavy atom. The van der Waals surface area contributed by atoms with Crippen LogP contribution in [-0.2, 0) is 9.59 Å². The van der Waals surface area contributed by atoms with Crippen LogP contribution in [0.2, 0.25) is 10.0 Å². The first kappa shape index (κ1) is 22.1. The number of amides is 3. The van der Waals surface area contributed by atoms with Crippen molar-refractivity contribution in [2.24, 2.45) is 0 Å². The Kier molecular flexibility index (Phi) is 6.70. The maximum atomic E-state index is 13.0. The standard InChI is InChI=1S/C20H17BrCl2N4O3/c1-10(2)24-19(29)20(30)26-27-16-4-3-12(21)5-11(16)6-17(27)18(28)25-15-8-13(22)7-14(23)9-15/h3-10H,1-2H3,(H,24,29)(H,25,28)(H,26,30). The van der Waals surface area contributed by atoms with E-state index >= 15 is 0 Å². The highest BCUT2D eigenvalue weighted by Crippen LogP contribution is 2.26. The van der Waals surface area contributed by atoms with Gasteiger partial charge < -0.3 is 10.6 Å². The molecule has 0 spiro atoms. The zero-order valence-corrected chi connectivity index (χ0v) is 19.0. The van der Waals surface area contributed by atoms with Gasteiger partial charge in [0.2, 0.25) is 0 Å². The maximum absolute atomic E-state index is 13.0. The molecule has 2 aromatic carbocycles. The summed E-state index contributed by atoms with van der Waals surface area (Å²) in [6.45, 7) is 3.48. The summed E-state index contributed by atoms with van der Waals surface area (Å²) in [6, 6.07) is 11.3. The minimum Gasteiger partial charge on any atom is -0.346 e. The molecule has 0 aliphatic heterocycles. The monoisotopic (exact) mass is 510 g/mol. The summed E-state index contributed by atoms with van der Waals surface area (Å²) in [6.07, 6.45) is 0. The Morgan fingerprint density at radius 1 is 0.967 bits per heavy atom. The summed E-state index contributed by atoms with van der Waals surface area (Å²) in [5, 5.41) is 6.62. The summed E-state index contributed by atoms with van der Waals surface area (Å²) in [5.41, 5.74) is 3.53. The third-order valence-corrected chi connectivity index (χ3v) is 4.89. The highest BCUT2D eigenvalue weighted by atomic mass is 79.9. The Morgan fingerprint density at radius 2 is 1.63 bits per heavy atom. The number of benzene rings is 2. The molecule has 3 aromatic rings. The van der Waals surface area contributed by atoms with Crippen LogP contribution in [0.3, 0.4) is 0 Å². The number of rotatable bonds is 4. The van der Waals surface area contributed by atoms with Crippen molar-refractivity contribution in [1.29, 1.82) is 0 Å². The van der Waals surface area contributed by atoms with E-state index in [2.05, 4.69) is 32.0 Å². The third-order valence-electron chi connectivity index (χ3n) is 3.96. The quantitative estimate of drug-likeness (QED) is 0.448. The molecule has 0 saturated carbocycles. The number of aromatic nitrogens is 1. The van der Waals surface area contributed by atoms with Crippen LogP contribution in [0.4, 0.5) is 5.69 Å². The van der Waals surface area contributed by atoms with Gasteiger partial charge in [-0.25, -0.2) is 4.68 Å². The van der Waals surface area contributed by atoms with E-state index in [0.29, 0.717) is 26.6 Å². The number of hydrogen-bond donors (Lipinski definition) is 3. The average molecular weight is 512 g/mol. The van der Waals surface area contributed by atoms with E-state index in [1.807, 2.05) is 0 Å². The van der Waals surface area contributed by atoms with Gasteiger partial charge in [0, 0.05) is 31.6 Å². The average Bonchev–Trinajstić information content (AvgIpc) is 2.97. The zero-order valence-electron chi connectivity index (χ0n) is 15.9. The minimum absolute atomic E-state index is 0.116. The van der Waals surface area contributed by atoms with E-state index < -0.39 is 17.7 Å². The molecule has 3 rings (SSSR count). The van der Waals surface area contributed by atoms with Crippen LogP contribution in [0.15, 0.2) is 46.9 Å². The zero-order chi connectivity index (χ0) is 22.0. The second-order valence-electron chi connectivity index (χ2n) is 6.75. The summed E-state index contributed by atoms with van der Waals surface area (Å²) < 4.78 is 2.07. The fraction of sp³-hybridized carbons (Fsp3) is 0.150. The summed E-state index contributed by atoms with van der Waals surface area (Å²) in [5.74, 6) is -2.23. The maximum Gasteiger partial charge on any atom is 0.328 e. The molecule has 1 heterocycles. The molecular weight excluding hydrogens is 495 g/mol. The van der Waals surface area contributed by atoms with Crippen molar-refractivity contribution in [2.75, 3.05) is 10.7 Å². The Balaban J connectivity index is 1.98. The largest absolute Gasteiger partial charge is 0.346 e. The molecule has 0 fully saturated rings. The van der Waals surface area contributed by atoms with Crippen LogP contribution in [0.25, 0.3) is 10.9 Å². The van der Waals surface area contributed by atoms with Gasteiger partial charge in [-0.05, 0) is 56.3 Å². The topological polar surface area (TPSA) is 92.2 Å². The van der Waals surface area contributed by atoms with Gasteiger partial charge in [-0.1, -0.05) is 39.1 Å². The number of hydrogen-bond acceptors (Lipinski definition) is 3. The van der Waals surface area contributed by atoms with E-state index in [1.165, 1.54) is 4.68 Å². The summed E-state index contributed by atoms with van der Waals surface area (Å²) in [7, 11) is 0. The molecule has 156 valence electrons. The number of carbonyl (C=O) groups excluding carboxylic acids is 3. The van der Waals surface area contributed by atoms with Crippen molar-refractivity contribution in [3.05, 3.63) is 62.7 Å². The third kappa shape index (κ3) is 5.13. The predicted octanol–water partition coefficient (Wildman–Crippen LogP) is 4.56. The Hall–Kier alpha value is -2.55. The van der Waals surface area contributed by atoms with Crippen LogP contribution < -0.4 is 16.1 Å². The molecule has 1 aromatic heterocycles. The molecule has 7 nitrogen and oxygen atoms in total. The molecule has 10 heteroatoms. The normalized spacial score (nSPS) is 10.9. The summed E-state index contributed by atoms with van der Waals surface area (Å²) >= 11 is 15.4. The van der Waals surface area contributed by atoms with Crippen LogP contribution in [0.1, 0.15) is 24.3 Å². The van der Waals surface area contributed by atoms with Gasteiger partial charge >= 0.3 is 11.8 Å². The van der Waals surface area contributed by atoms with Gasteiger partial charge in [-0.15, -0.1) is 0 Å². The van der Waals surface area contributed by atoms with Gasteiger partial charge in [0.1, 0.15) is 5.69 Å². The van der Waals surface area contributed by atoms with Crippen molar-refractivity contribution in [1.82, 2.24) is 9.99 Å². The Bertz CT molecular complexity index is 1140. The summed E-state index contributed by atoms with van der Waals surface area (Å²) in [4.78, 5) is 37.4. The fourth-order valence-electron chi connectivity index (χ4n) is 2.77. The number of carbonyl (C=O) groups is 3. The predicted molar refractivity (Wildman–Crippen MR) is 122 cm³/mol. The van der Waals surface area contributed by atoms with Crippen molar-refractivity contribution < 1.29 is 14.4 Å². The first-order chi connectivity index (χ1) is 14.1. The highest BCUT2D eigenvalue weighted by molar-refractivity contribution is 9.10. The van der Waals surface area contributed by atoms with Crippen molar-refractivity contribution >= 4 is 73.4 Å². The molecule has 0 saturated heterocycles. The van der Waals surface area contributed by atoms with E-state index in [4.69, 9.17) is 23.2 Å². The van der Waals surface area contributed by atoms with Gasteiger partial charge in [0.05, 0.1) is 5.52 Å². The molecule has 0 aliphatic carbocycles. The van der Waals surface area contributed by atoms with Crippen molar-refractivity contribution in [2.45, 2.75) is 19.9 Å². The second-order valence-corrected chi connectivity index (χ2v) is 8.54. The lowest BCUT2D eigenvalue weighted by atomic mass is 10.2. The van der Waals surface area contributed by atoms with Gasteiger partial charge in [0.15, 0.2) is 0 Å². The second kappa shape index (κ2) is 9.07. The minimum atomic E-state index is -0.899. The molecule has 0 radical (unpaired) electrons.